The number of hydrogen-bond acceptors (Lipinski definition) is 3. The number of aromatic nitrogens is 4. The van der Waals surface area contributed by atoms with Crippen LogP contribution in [0.3, 0.4) is 0 Å². The molecule has 2 rings (SSSR count). The van der Waals surface area contributed by atoms with Crippen molar-refractivity contribution in [3.8, 4) is 0 Å². The summed E-state index contributed by atoms with van der Waals surface area (Å²) in [6.45, 7) is 9.21. The molecule has 0 aliphatic rings. The third-order valence-corrected chi connectivity index (χ3v) is 3.61. The molecule has 5 nitrogen and oxygen atoms in total. The Labute approximate surface area is 121 Å². The Morgan fingerprint density at radius 1 is 1.10 bits per heavy atom. The predicted molar refractivity (Wildman–Crippen MR) is 80.3 cm³/mol. The van der Waals surface area contributed by atoms with Crippen molar-refractivity contribution in [2.45, 2.75) is 59.3 Å². The molecule has 0 fully saturated rings. The molecule has 20 heavy (non-hydrogen) atoms. The lowest BCUT2D eigenvalue weighted by atomic mass is 10.2. The highest BCUT2D eigenvalue weighted by molar-refractivity contribution is 5.03. The van der Waals surface area contributed by atoms with E-state index in [0.717, 1.165) is 32.5 Å². The van der Waals surface area contributed by atoms with E-state index < -0.39 is 0 Å². The zero-order valence-electron chi connectivity index (χ0n) is 12.7. The Bertz CT molecular complexity index is 514. The van der Waals surface area contributed by atoms with Crippen molar-refractivity contribution in [2.75, 3.05) is 0 Å². The summed E-state index contributed by atoms with van der Waals surface area (Å²) < 4.78 is 4.18. The monoisotopic (exact) mass is 275 g/mol. The molecule has 0 spiro atoms. The van der Waals surface area contributed by atoms with Crippen molar-refractivity contribution in [2.24, 2.45) is 0 Å². The van der Waals surface area contributed by atoms with Crippen LogP contribution in [0.2, 0.25) is 0 Å². The molecule has 1 atom stereocenters. The van der Waals surface area contributed by atoms with E-state index in [4.69, 9.17) is 0 Å². The highest BCUT2D eigenvalue weighted by atomic mass is 15.3. The maximum atomic E-state index is 4.41. The maximum absolute atomic E-state index is 4.41. The van der Waals surface area contributed by atoms with Gasteiger partial charge in [0.25, 0.3) is 0 Å². The minimum atomic E-state index is 0.451. The largest absolute Gasteiger partial charge is 0.306 e. The summed E-state index contributed by atoms with van der Waals surface area (Å²) in [6, 6.07) is 4.62. The first kappa shape index (κ1) is 14.8. The second kappa shape index (κ2) is 7.24. The Kier molecular flexibility index (Phi) is 5.35. The van der Waals surface area contributed by atoms with Crippen LogP contribution in [0.25, 0.3) is 0 Å². The summed E-state index contributed by atoms with van der Waals surface area (Å²) in [6.07, 6.45) is 5.95. The van der Waals surface area contributed by atoms with Gasteiger partial charge in [-0.3, -0.25) is 9.36 Å². The van der Waals surface area contributed by atoms with Gasteiger partial charge in [-0.05, 0) is 31.9 Å². The molecule has 0 saturated carbocycles. The summed E-state index contributed by atoms with van der Waals surface area (Å²) in [5.74, 6) is 0. The first-order valence-corrected chi connectivity index (χ1v) is 7.50. The molecule has 0 aromatic carbocycles. The van der Waals surface area contributed by atoms with Crippen LogP contribution in [-0.4, -0.2) is 19.6 Å². The Hall–Kier alpha value is -1.62. The van der Waals surface area contributed by atoms with Gasteiger partial charge in [0.2, 0.25) is 0 Å². The fraction of sp³-hybridized carbons (Fsp3) is 0.600. The van der Waals surface area contributed by atoms with Gasteiger partial charge in [0, 0.05) is 38.1 Å². The van der Waals surface area contributed by atoms with Crippen molar-refractivity contribution >= 4 is 0 Å². The van der Waals surface area contributed by atoms with E-state index in [1.807, 2.05) is 12.4 Å². The SMILES string of the molecule is CCCn1nccc1CNCc1ccnn1[C@H](C)CC. The molecule has 1 N–H and O–H groups in total. The second-order valence-corrected chi connectivity index (χ2v) is 5.17. The highest BCUT2D eigenvalue weighted by Gasteiger charge is 2.08. The third kappa shape index (κ3) is 3.48. The van der Waals surface area contributed by atoms with E-state index in [-0.39, 0.29) is 0 Å². The van der Waals surface area contributed by atoms with E-state index in [0.29, 0.717) is 6.04 Å². The number of nitrogens with one attached hydrogen (secondary N) is 1. The van der Waals surface area contributed by atoms with Crippen LogP contribution in [0.15, 0.2) is 24.5 Å². The molecule has 2 aromatic rings. The van der Waals surface area contributed by atoms with Gasteiger partial charge in [0.15, 0.2) is 0 Å². The third-order valence-electron chi connectivity index (χ3n) is 3.61. The number of aryl methyl sites for hydroxylation is 1. The molecule has 0 radical (unpaired) electrons. The quantitative estimate of drug-likeness (QED) is 0.806. The van der Waals surface area contributed by atoms with Crippen LogP contribution in [0.4, 0.5) is 0 Å². The lowest BCUT2D eigenvalue weighted by molar-refractivity contribution is 0.449. The van der Waals surface area contributed by atoms with Crippen LogP contribution in [0.1, 0.15) is 51.0 Å². The van der Waals surface area contributed by atoms with Gasteiger partial charge in [0.1, 0.15) is 0 Å². The van der Waals surface area contributed by atoms with E-state index in [1.165, 1.54) is 11.4 Å². The fourth-order valence-electron chi connectivity index (χ4n) is 2.29. The summed E-state index contributed by atoms with van der Waals surface area (Å²) in [5.41, 5.74) is 2.47. The van der Waals surface area contributed by atoms with Gasteiger partial charge < -0.3 is 5.32 Å². The van der Waals surface area contributed by atoms with Crippen LogP contribution >= 0.6 is 0 Å². The van der Waals surface area contributed by atoms with Crippen LogP contribution < -0.4 is 5.32 Å². The van der Waals surface area contributed by atoms with Gasteiger partial charge >= 0.3 is 0 Å². The predicted octanol–water partition coefficient (Wildman–Crippen LogP) is 2.75. The summed E-state index contributed by atoms with van der Waals surface area (Å²) >= 11 is 0. The second-order valence-electron chi connectivity index (χ2n) is 5.17. The molecule has 0 bridgehead atoms. The summed E-state index contributed by atoms with van der Waals surface area (Å²) in [7, 11) is 0. The fourth-order valence-corrected chi connectivity index (χ4v) is 2.29. The minimum Gasteiger partial charge on any atom is -0.306 e. The molecule has 5 heteroatoms. The number of rotatable bonds is 8. The lowest BCUT2D eigenvalue weighted by Crippen LogP contribution is -2.20. The van der Waals surface area contributed by atoms with Crippen molar-refractivity contribution in [3.05, 3.63) is 35.9 Å². The standard InChI is InChI=1S/C15H25N5/c1-4-10-19-14(6-8-17-19)11-16-12-15-7-9-18-20(15)13(3)5-2/h6-9,13,16H,4-5,10-12H2,1-3H3/t13-/m1/s1. The van der Waals surface area contributed by atoms with Gasteiger partial charge in [-0.1, -0.05) is 13.8 Å². The zero-order chi connectivity index (χ0) is 14.4. The van der Waals surface area contributed by atoms with Gasteiger partial charge in [-0.25, -0.2) is 0 Å². The van der Waals surface area contributed by atoms with Crippen molar-refractivity contribution in [1.82, 2.24) is 24.9 Å². The number of hydrogen-bond donors (Lipinski definition) is 1. The molecule has 0 unspecified atom stereocenters. The molecular formula is C15H25N5. The average molecular weight is 275 g/mol. The van der Waals surface area contributed by atoms with Crippen molar-refractivity contribution < 1.29 is 0 Å². The molecular weight excluding hydrogens is 250 g/mol. The molecule has 0 saturated heterocycles. The number of nitrogens with zero attached hydrogens (tertiary/aromatic N) is 4. The molecule has 110 valence electrons. The Morgan fingerprint density at radius 3 is 2.55 bits per heavy atom. The maximum Gasteiger partial charge on any atom is 0.0525 e. The normalized spacial score (nSPS) is 12.8. The van der Waals surface area contributed by atoms with Crippen LogP contribution in [0, 0.1) is 0 Å². The van der Waals surface area contributed by atoms with Crippen LogP contribution in [-0.2, 0) is 19.6 Å². The molecule has 0 aliphatic carbocycles. The highest BCUT2D eigenvalue weighted by Crippen LogP contribution is 2.12. The van der Waals surface area contributed by atoms with Crippen molar-refractivity contribution in [1.29, 1.82) is 0 Å². The lowest BCUT2D eigenvalue weighted by Gasteiger charge is -2.14. The average Bonchev–Trinajstić information content (AvgIpc) is 3.08. The smallest absolute Gasteiger partial charge is 0.0525 e. The van der Waals surface area contributed by atoms with Gasteiger partial charge in [-0.15, -0.1) is 0 Å². The van der Waals surface area contributed by atoms with E-state index >= 15 is 0 Å². The van der Waals surface area contributed by atoms with Gasteiger partial charge in [0.05, 0.1) is 11.4 Å². The van der Waals surface area contributed by atoms with E-state index in [9.17, 15) is 0 Å². The Balaban J connectivity index is 1.90. The molecule has 2 aromatic heterocycles. The first-order chi connectivity index (χ1) is 9.76. The summed E-state index contributed by atoms with van der Waals surface area (Å²) in [5, 5.41) is 12.2. The zero-order valence-corrected chi connectivity index (χ0v) is 12.7. The summed E-state index contributed by atoms with van der Waals surface area (Å²) in [4.78, 5) is 0. The molecule has 0 aliphatic heterocycles. The molecule has 0 amide bonds. The first-order valence-electron chi connectivity index (χ1n) is 7.50. The van der Waals surface area contributed by atoms with Crippen LogP contribution in [0.5, 0.6) is 0 Å². The topological polar surface area (TPSA) is 47.7 Å². The van der Waals surface area contributed by atoms with E-state index in [1.54, 1.807) is 0 Å². The Morgan fingerprint density at radius 2 is 1.80 bits per heavy atom. The minimum absolute atomic E-state index is 0.451. The molecule has 2 heterocycles. The van der Waals surface area contributed by atoms with Crippen molar-refractivity contribution in [3.63, 3.8) is 0 Å². The van der Waals surface area contributed by atoms with E-state index in [2.05, 4.69) is 57.8 Å². The van der Waals surface area contributed by atoms with Gasteiger partial charge in [-0.2, -0.15) is 10.2 Å².